The first kappa shape index (κ1) is 36.5. The number of hydrogen-bond donors (Lipinski definition) is 3. The number of nitrogens with one attached hydrogen (secondary N) is 3. The van der Waals surface area contributed by atoms with Gasteiger partial charge in [0.25, 0.3) is 23.6 Å². The summed E-state index contributed by atoms with van der Waals surface area (Å²) in [7, 11) is 0. The molecule has 0 aromatic heterocycles. The highest BCUT2D eigenvalue weighted by Gasteiger charge is 2.38. The molecule has 16 nitrogen and oxygen atoms in total. The maximum atomic E-state index is 14.1. The molecule has 0 saturated carbocycles. The zero-order chi connectivity index (χ0) is 40.7. The molecule has 2 atom stereocenters. The number of ketones is 1. The zero-order valence-corrected chi connectivity index (χ0v) is 31.4. The van der Waals surface area contributed by atoms with E-state index >= 15 is 0 Å². The molecule has 58 heavy (non-hydrogen) atoms. The highest BCUT2D eigenvalue weighted by molar-refractivity contribution is 6.52. The molecule has 294 valence electrons. The number of Topliss-reactive ketones (excluding diaryl/α,β-unsaturated/α-hetero) is 1. The first-order valence-corrected chi connectivity index (χ1v) is 18.9. The van der Waals surface area contributed by atoms with Crippen LogP contribution >= 0.6 is 0 Å². The lowest BCUT2D eigenvalue weighted by Gasteiger charge is -2.39. The minimum Gasteiger partial charge on any atom is -0.871 e. The third-order valence-electron chi connectivity index (χ3n) is 11.1. The molecule has 4 aromatic rings. The van der Waals surface area contributed by atoms with Gasteiger partial charge in [0, 0.05) is 71.1 Å². The highest BCUT2D eigenvalue weighted by Crippen LogP contribution is 2.45. The Kier molecular flexibility index (Phi) is 8.35. The van der Waals surface area contributed by atoms with Crippen LogP contribution in [-0.2, 0) is 43.2 Å². The normalized spacial score (nSPS) is 23.1. The molecule has 4 heterocycles. The standard InChI is InChI=1S/C42H36N6O10/c1-41(19-17-33(53)57-47-29(49)13-14-30(47)50)43-25-7-3-5-21-23(9-11-27(45-41)35(21)25)37-39(55)38(40(37)56)24-10-12-28-36-22(24)6-4-8-26(36)44-42(2,46-28)20-18-34(54)58-48-31(51)15-16-32(48)52/h3-12,43-45,55H,13-20H2,1-2H3/p-1. The number of benzene rings is 4. The van der Waals surface area contributed by atoms with Crippen molar-refractivity contribution in [2.24, 2.45) is 4.99 Å². The third-order valence-corrected chi connectivity index (χ3v) is 11.1. The second-order valence-electron chi connectivity index (χ2n) is 15.3. The second kappa shape index (κ2) is 13.2. The lowest BCUT2D eigenvalue weighted by Crippen LogP contribution is -2.46. The Labute approximate surface area is 329 Å². The van der Waals surface area contributed by atoms with Gasteiger partial charge < -0.3 is 30.7 Å². The number of carbonyl (C=O) groups excluding carboxylic acids is 7. The fraction of sp³-hybridized carbons (Fsp3) is 0.286. The lowest BCUT2D eigenvalue weighted by atomic mass is 9.79. The topological polar surface area (TPSA) is 216 Å². The van der Waals surface area contributed by atoms with Crippen LogP contribution < -0.4 is 31.6 Å². The van der Waals surface area contributed by atoms with Gasteiger partial charge in [0.1, 0.15) is 11.3 Å². The van der Waals surface area contributed by atoms with E-state index in [1.807, 2.05) is 44.2 Å². The molecular weight excluding hydrogens is 748 g/mol. The Balaban J connectivity index is 0.978. The lowest BCUT2D eigenvalue weighted by molar-refractivity contribution is -0.292. The van der Waals surface area contributed by atoms with Gasteiger partial charge in [-0.2, -0.15) is 0 Å². The van der Waals surface area contributed by atoms with Gasteiger partial charge in [0.15, 0.2) is 5.78 Å². The summed E-state index contributed by atoms with van der Waals surface area (Å²) in [6.07, 6.45) is 0.217. The number of hydrogen-bond acceptors (Lipinski definition) is 14. The van der Waals surface area contributed by atoms with Gasteiger partial charge in [-0.1, -0.05) is 42.2 Å². The molecule has 0 spiro atoms. The van der Waals surface area contributed by atoms with E-state index in [0.29, 0.717) is 48.1 Å². The molecular formula is C42H35N6O10-. The Morgan fingerprint density at radius 3 is 1.83 bits per heavy atom. The number of rotatable bonds is 9. The average molecular weight is 784 g/mol. The fourth-order valence-electron chi connectivity index (χ4n) is 8.28. The van der Waals surface area contributed by atoms with Crippen molar-refractivity contribution in [1.82, 2.24) is 10.1 Å². The maximum Gasteiger partial charge on any atom is 0.333 e. The van der Waals surface area contributed by atoms with Crippen LogP contribution in [0.1, 0.15) is 70.8 Å². The summed E-state index contributed by atoms with van der Waals surface area (Å²) >= 11 is 0. The number of anilines is 3. The van der Waals surface area contributed by atoms with Crippen molar-refractivity contribution >= 4 is 91.1 Å². The maximum absolute atomic E-state index is 14.1. The SMILES string of the molecule is CC1(CCC(=O)ON2C(=O)CCC2=O)N=c2ccc(=C3C(=O)C(c4ccc5c6c(cccc46)NC(C)(CCC(=O)ON4C(=O)CCC4=O)N5)=C3[O-])c3cccc(c23)N1. The van der Waals surface area contributed by atoms with Crippen molar-refractivity contribution < 1.29 is 48.3 Å². The molecule has 2 unspecified atom stereocenters. The summed E-state index contributed by atoms with van der Waals surface area (Å²) in [6, 6.07) is 18.0. The van der Waals surface area contributed by atoms with E-state index in [2.05, 4.69) is 16.0 Å². The Bertz CT molecular complexity index is 2730. The molecule has 5 aliphatic rings. The fourth-order valence-corrected chi connectivity index (χ4v) is 8.28. The molecule has 16 heteroatoms. The Hall–Kier alpha value is -7.10. The summed E-state index contributed by atoms with van der Waals surface area (Å²) in [6.45, 7) is 3.67. The minimum absolute atomic E-state index is 0.00125. The summed E-state index contributed by atoms with van der Waals surface area (Å²) in [5, 5.41) is 29.2. The van der Waals surface area contributed by atoms with E-state index in [4.69, 9.17) is 14.7 Å². The monoisotopic (exact) mass is 783 g/mol. The van der Waals surface area contributed by atoms with Crippen molar-refractivity contribution in [3.05, 3.63) is 82.6 Å². The van der Waals surface area contributed by atoms with Crippen LogP contribution in [0.5, 0.6) is 0 Å². The largest absolute Gasteiger partial charge is 0.871 e. The van der Waals surface area contributed by atoms with Crippen LogP contribution in [0.3, 0.4) is 0 Å². The van der Waals surface area contributed by atoms with Crippen LogP contribution in [-0.4, -0.2) is 62.8 Å². The molecule has 2 fully saturated rings. The number of carbonyl (C=O) groups is 7. The van der Waals surface area contributed by atoms with Gasteiger partial charge in [-0.05, 0) is 66.1 Å². The molecule has 4 aromatic carbocycles. The van der Waals surface area contributed by atoms with E-state index in [1.54, 1.807) is 30.3 Å². The predicted molar refractivity (Wildman–Crippen MR) is 205 cm³/mol. The number of allylic oxidation sites excluding steroid dienone is 2. The molecule has 2 saturated heterocycles. The van der Waals surface area contributed by atoms with Crippen LogP contribution in [0.2, 0.25) is 0 Å². The summed E-state index contributed by atoms with van der Waals surface area (Å²) in [4.78, 5) is 102. The van der Waals surface area contributed by atoms with E-state index in [0.717, 1.165) is 16.8 Å². The van der Waals surface area contributed by atoms with Gasteiger partial charge >= 0.3 is 11.9 Å². The summed E-state index contributed by atoms with van der Waals surface area (Å²) < 4.78 is 0. The van der Waals surface area contributed by atoms with Gasteiger partial charge in [-0.25, -0.2) is 9.59 Å². The molecule has 4 aliphatic heterocycles. The molecule has 0 radical (unpaired) electrons. The minimum atomic E-state index is -0.949. The number of amides is 4. The molecule has 1 aliphatic carbocycles. The van der Waals surface area contributed by atoms with Crippen molar-refractivity contribution in [2.75, 3.05) is 16.0 Å². The van der Waals surface area contributed by atoms with Crippen LogP contribution in [0.25, 0.3) is 32.7 Å². The van der Waals surface area contributed by atoms with Crippen molar-refractivity contribution in [3.8, 4) is 0 Å². The molecule has 4 amide bonds. The summed E-state index contributed by atoms with van der Waals surface area (Å²) in [5.74, 6) is -4.43. The zero-order valence-electron chi connectivity index (χ0n) is 31.4. The Morgan fingerprint density at radius 1 is 0.672 bits per heavy atom. The Morgan fingerprint density at radius 2 is 1.22 bits per heavy atom. The van der Waals surface area contributed by atoms with Crippen LogP contribution in [0.15, 0.2) is 71.4 Å². The van der Waals surface area contributed by atoms with Crippen LogP contribution in [0.4, 0.5) is 17.1 Å². The van der Waals surface area contributed by atoms with E-state index in [1.165, 1.54) is 0 Å². The quantitative estimate of drug-likeness (QED) is 0.209. The number of hydroxylamine groups is 4. The van der Waals surface area contributed by atoms with E-state index in [-0.39, 0.29) is 74.1 Å². The van der Waals surface area contributed by atoms with Gasteiger partial charge in [0.05, 0.1) is 18.2 Å². The van der Waals surface area contributed by atoms with Crippen LogP contribution in [0, 0.1) is 0 Å². The average Bonchev–Trinajstić information content (AvgIpc) is 3.68. The second-order valence-corrected chi connectivity index (χ2v) is 15.3. The first-order valence-electron chi connectivity index (χ1n) is 18.9. The third kappa shape index (κ3) is 5.99. The van der Waals surface area contributed by atoms with Crippen molar-refractivity contribution in [3.63, 3.8) is 0 Å². The first-order chi connectivity index (χ1) is 27.7. The van der Waals surface area contributed by atoms with Gasteiger partial charge in [-0.15, -0.1) is 10.1 Å². The predicted octanol–water partition coefficient (Wildman–Crippen LogP) is 2.59. The van der Waals surface area contributed by atoms with Crippen molar-refractivity contribution in [1.29, 1.82) is 0 Å². The van der Waals surface area contributed by atoms with E-state index < -0.39 is 46.9 Å². The molecule has 9 rings (SSSR count). The number of imide groups is 2. The molecule has 3 N–H and O–H groups in total. The highest BCUT2D eigenvalue weighted by atomic mass is 16.7. The smallest absolute Gasteiger partial charge is 0.333 e. The van der Waals surface area contributed by atoms with E-state index in [9.17, 15) is 38.7 Å². The van der Waals surface area contributed by atoms with Gasteiger partial charge in [-0.3, -0.25) is 29.0 Å². The van der Waals surface area contributed by atoms with Gasteiger partial charge in [0.2, 0.25) is 0 Å². The van der Waals surface area contributed by atoms with Crippen molar-refractivity contribution in [2.45, 2.75) is 76.5 Å². The summed E-state index contributed by atoms with van der Waals surface area (Å²) in [5.41, 5.74) is 0.981. The molecule has 0 bridgehead atoms. The number of nitrogens with zero attached hydrogens (tertiary/aromatic N) is 3.